The molecule has 174 valence electrons. The van der Waals surface area contributed by atoms with Crippen LogP contribution in [-0.2, 0) is 17.9 Å². The van der Waals surface area contributed by atoms with Crippen molar-refractivity contribution in [3.8, 4) is 0 Å². The van der Waals surface area contributed by atoms with E-state index in [0.717, 1.165) is 37.1 Å². The fourth-order valence-corrected chi connectivity index (χ4v) is 6.66. The number of benzene rings is 2. The number of carbonyl (C=O) groups excluding carboxylic acids is 1. The molecule has 1 amide bonds. The van der Waals surface area contributed by atoms with E-state index in [4.69, 9.17) is 28.2 Å². The molecule has 2 aromatic carbocycles. The Kier molecular flexibility index (Phi) is 6.28. The highest BCUT2D eigenvalue weighted by atomic mass is 35.5. The third-order valence-corrected chi connectivity index (χ3v) is 8.43. The number of rotatable bonds is 7. The Morgan fingerprint density at radius 1 is 1.15 bits per heavy atom. The van der Waals surface area contributed by atoms with Gasteiger partial charge in [-0.2, -0.15) is 0 Å². The minimum Gasteiger partial charge on any atom is -0.350 e. The number of hydrogen-bond acceptors (Lipinski definition) is 3. The number of nitrogens with one attached hydrogen (secondary N) is 1. The van der Waals surface area contributed by atoms with Gasteiger partial charge in [-0.05, 0) is 47.9 Å². The first-order valence-corrected chi connectivity index (χ1v) is 12.7. The van der Waals surface area contributed by atoms with Crippen LogP contribution in [0.15, 0.2) is 53.5 Å². The molecule has 33 heavy (non-hydrogen) atoms. The number of hydrogen-bond donors (Lipinski definition) is 1. The van der Waals surface area contributed by atoms with Gasteiger partial charge in [0.1, 0.15) is 5.54 Å². The Labute approximate surface area is 206 Å². The quantitative estimate of drug-likeness (QED) is 0.555. The molecule has 1 saturated carbocycles. The summed E-state index contributed by atoms with van der Waals surface area (Å²) in [6.07, 6.45) is 3.93. The zero-order chi connectivity index (χ0) is 23.2. The van der Waals surface area contributed by atoms with Crippen LogP contribution in [0.2, 0.25) is 10.0 Å². The first-order chi connectivity index (χ1) is 15.9. The van der Waals surface area contributed by atoms with Gasteiger partial charge >= 0.3 is 0 Å². The largest absolute Gasteiger partial charge is 0.350 e. The molecule has 3 heterocycles. The molecular formula is C27H31Cl2N3O. The van der Waals surface area contributed by atoms with Crippen LogP contribution in [0.25, 0.3) is 0 Å². The molecule has 5 atom stereocenters. The van der Waals surface area contributed by atoms with Gasteiger partial charge in [0.25, 0.3) is 0 Å². The molecule has 0 radical (unpaired) electrons. The monoisotopic (exact) mass is 483 g/mol. The van der Waals surface area contributed by atoms with Gasteiger partial charge in [0.2, 0.25) is 5.91 Å². The average Bonchev–Trinajstić information content (AvgIpc) is 3.10. The van der Waals surface area contributed by atoms with Gasteiger partial charge in [-0.15, -0.1) is 0 Å². The van der Waals surface area contributed by atoms with Crippen LogP contribution in [0.5, 0.6) is 0 Å². The number of amides is 1. The molecular weight excluding hydrogens is 453 g/mol. The second-order valence-corrected chi connectivity index (χ2v) is 11.1. The van der Waals surface area contributed by atoms with Gasteiger partial charge in [-0.25, -0.2) is 0 Å². The van der Waals surface area contributed by atoms with E-state index in [1.165, 1.54) is 0 Å². The molecule has 6 rings (SSSR count). The normalized spacial score (nSPS) is 30.2. The summed E-state index contributed by atoms with van der Waals surface area (Å²) in [5.74, 6) is 1.65. The Bertz CT molecular complexity index is 1060. The van der Waals surface area contributed by atoms with Gasteiger partial charge in [-0.3, -0.25) is 14.7 Å². The maximum Gasteiger partial charge on any atom is 0.248 e. The summed E-state index contributed by atoms with van der Waals surface area (Å²) in [5.41, 5.74) is 1.60. The Hall–Kier alpha value is -1.88. The maximum absolute atomic E-state index is 13.7. The molecule has 2 aromatic rings. The fourth-order valence-electron chi connectivity index (χ4n) is 6.34. The van der Waals surface area contributed by atoms with Crippen LogP contribution in [0.3, 0.4) is 0 Å². The molecule has 6 heteroatoms. The molecule has 1 aliphatic carbocycles. The topological polar surface area (TPSA) is 44.7 Å². The van der Waals surface area contributed by atoms with Crippen LogP contribution >= 0.6 is 23.2 Å². The number of carbonyl (C=O) groups is 1. The first kappa shape index (κ1) is 22.9. The zero-order valence-corrected chi connectivity index (χ0v) is 20.7. The highest BCUT2D eigenvalue weighted by Gasteiger charge is 2.63. The van der Waals surface area contributed by atoms with Crippen molar-refractivity contribution in [2.24, 2.45) is 28.7 Å². The summed E-state index contributed by atoms with van der Waals surface area (Å²) in [6, 6.07) is 16.3. The van der Waals surface area contributed by atoms with Crippen molar-refractivity contribution in [1.82, 2.24) is 10.2 Å². The van der Waals surface area contributed by atoms with Gasteiger partial charge in [0.05, 0.1) is 10.0 Å². The summed E-state index contributed by atoms with van der Waals surface area (Å²) < 4.78 is 0. The molecule has 0 unspecified atom stereocenters. The molecule has 3 aliphatic heterocycles. The van der Waals surface area contributed by atoms with E-state index in [1.807, 2.05) is 42.5 Å². The van der Waals surface area contributed by atoms with E-state index in [2.05, 4.69) is 36.3 Å². The lowest BCUT2D eigenvalue weighted by Gasteiger charge is -2.51. The van der Waals surface area contributed by atoms with E-state index >= 15 is 0 Å². The van der Waals surface area contributed by atoms with Crippen LogP contribution in [0.4, 0.5) is 0 Å². The second-order valence-electron chi connectivity index (χ2n) is 10.3. The van der Waals surface area contributed by atoms with Crippen molar-refractivity contribution < 1.29 is 4.79 Å². The minimum absolute atomic E-state index is 0.0813. The Morgan fingerprint density at radius 2 is 1.94 bits per heavy atom. The van der Waals surface area contributed by atoms with E-state index < -0.39 is 5.54 Å². The molecule has 1 N–H and O–H groups in total. The minimum atomic E-state index is -0.671. The van der Waals surface area contributed by atoms with Crippen molar-refractivity contribution in [3.63, 3.8) is 0 Å². The predicted molar refractivity (Wildman–Crippen MR) is 135 cm³/mol. The fraction of sp³-hybridized carbons (Fsp3) is 0.481. The summed E-state index contributed by atoms with van der Waals surface area (Å²) in [4.78, 5) is 21.3. The van der Waals surface area contributed by atoms with Gasteiger partial charge in [0.15, 0.2) is 0 Å². The number of halogens is 2. The lowest BCUT2D eigenvalue weighted by molar-refractivity contribution is -0.132. The summed E-state index contributed by atoms with van der Waals surface area (Å²) >= 11 is 12.4. The van der Waals surface area contributed by atoms with Crippen molar-refractivity contribution in [3.05, 3.63) is 69.7 Å². The maximum atomic E-state index is 13.7. The highest BCUT2D eigenvalue weighted by molar-refractivity contribution is 6.42. The van der Waals surface area contributed by atoms with E-state index in [1.54, 1.807) is 0 Å². The van der Waals surface area contributed by atoms with Crippen LogP contribution < -0.4 is 5.32 Å². The predicted octanol–water partition coefficient (Wildman–Crippen LogP) is 5.62. The first-order valence-electron chi connectivity index (χ1n) is 11.9. The van der Waals surface area contributed by atoms with E-state index in [-0.39, 0.29) is 11.8 Å². The number of nitrogens with zero attached hydrogens (tertiary/aromatic N) is 2. The van der Waals surface area contributed by atoms with Crippen molar-refractivity contribution in [2.75, 3.05) is 6.54 Å². The molecule has 1 saturated heterocycles. The third kappa shape index (κ3) is 4.22. The SMILES string of the molecule is CC(C)C[C@H]1[C@@H]2[C@@H]3C=N[C@@]1(C(=O)NCc1ccccc1)C[C@@H]3CN2Cc1ccc(Cl)c(Cl)c1. The van der Waals surface area contributed by atoms with Gasteiger partial charge < -0.3 is 5.32 Å². The molecule has 0 spiro atoms. The van der Waals surface area contributed by atoms with Crippen molar-refractivity contribution in [2.45, 2.75) is 51.4 Å². The van der Waals surface area contributed by atoms with Crippen LogP contribution in [0, 0.1) is 23.7 Å². The van der Waals surface area contributed by atoms with Crippen molar-refractivity contribution >= 4 is 35.3 Å². The van der Waals surface area contributed by atoms with E-state index in [0.29, 0.717) is 40.4 Å². The number of aliphatic imine (C=N–C) groups is 1. The molecule has 2 fully saturated rings. The Balaban J connectivity index is 1.41. The highest BCUT2D eigenvalue weighted by Crippen LogP contribution is 2.55. The summed E-state index contributed by atoms with van der Waals surface area (Å²) in [6.45, 7) is 6.84. The van der Waals surface area contributed by atoms with Gasteiger partial charge in [0, 0.05) is 43.7 Å². The molecule has 0 aromatic heterocycles. The molecule has 4 bridgehead atoms. The van der Waals surface area contributed by atoms with E-state index in [9.17, 15) is 4.79 Å². The van der Waals surface area contributed by atoms with Crippen molar-refractivity contribution in [1.29, 1.82) is 0 Å². The summed E-state index contributed by atoms with van der Waals surface area (Å²) in [7, 11) is 0. The molecule has 4 nitrogen and oxygen atoms in total. The lowest BCUT2D eigenvalue weighted by Crippen LogP contribution is -2.63. The molecule has 4 aliphatic rings. The Morgan fingerprint density at radius 3 is 2.67 bits per heavy atom. The van der Waals surface area contributed by atoms with Crippen LogP contribution in [0.1, 0.15) is 37.8 Å². The zero-order valence-electron chi connectivity index (χ0n) is 19.2. The van der Waals surface area contributed by atoms with Gasteiger partial charge in [-0.1, -0.05) is 73.4 Å². The second kappa shape index (κ2) is 9.05. The average molecular weight is 484 g/mol. The number of likely N-dealkylation sites (tertiary alicyclic amines) is 1. The smallest absolute Gasteiger partial charge is 0.248 e. The standard InChI is InChI=1S/C27H31Cl2N3O/c1-17(2)10-22-25-21-14-31-27(22,26(33)30-13-18-6-4-3-5-7-18)12-20(21)16-32(25)15-19-8-9-23(28)24(29)11-19/h3-9,11,14,17,20-22,25H,10,12-13,15-16H2,1-2H3,(H,30,33)/t20-,21-,22+,25+,27+/m1/s1. The lowest BCUT2D eigenvalue weighted by atomic mass is 9.59. The van der Waals surface area contributed by atoms with Crippen LogP contribution in [-0.4, -0.2) is 35.1 Å². The third-order valence-electron chi connectivity index (χ3n) is 7.69. The summed E-state index contributed by atoms with van der Waals surface area (Å²) in [5, 5.41) is 4.41.